The van der Waals surface area contributed by atoms with Crippen molar-refractivity contribution in [2.24, 2.45) is 0 Å². The van der Waals surface area contributed by atoms with Gasteiger partial charge in [0.2, 0.25) is 0 Å². The molecule has 0 spiro atoms. The molecule has 0 saturated heterocycles. The van der Waals surface area contributed by atoms with Crippen LogP contribution in [0.3, 0.4) is 0 Å². The highest BCUT2D eigenvalue weighted by molar-refractivity contribution is 9.11. The number of hydrogen-bond donors (Lipinski definition) is 1. The van der Waals surface area contributed by atoms with E-state index in [0.717, 1.165) is 19.9 Å². The van der Waals surface area contributed by atoms with Crippen molar-refractivity contribution in [1.82, 2.24) is 5.32 Å². The van der Waals surface area contributed by atoms with E-state index in [1.165, 1.54) is 6.07 Å². The maximum atomic E-state index is 13.8. The Bertz CT molecular complexity index is 780. The van der Waals surface area contributed by atoms with Gasteiger partial charge in [-0.05, 0) is 42.9 Å². The molecule has 0 bridgehead atoms. The minimum Gasteiger partial charge on any atom is -0.456 e. The third kappa shape index (κ3) is 2.91. The smallest absolute Gasteiger partial charge is 0.169 e. The Balaban J connectivity index is 2.11. The van der Waals surface area contributed by atoms with E-state index in [2.05, 4.69) is 37.2 Å². The molecule has 3 rings (SSSR count). The predicted molar refractivity (Wildman–Crippen MR) is 88.9 cm³/mol. The van der Waals surface area contributed by atoms with Crippen LogP contribution in [0.25, 0.3) is 11.0 Å². The first-order valence-corrected chi connectivity index (χ1v) is 7.98. The van der Waals surface area contributed by atoms with Crippen molar-refractivity contribution in [2.45, 2.75) is 6.04 Å². The molecule has 1 atom stereocenters. The van der Waals surface area contributed by atoms with E-state index in [-0.39, 0.29) is 11.9 Å². The fourth-order valence-corrected chi connectivity index (χ4v) is 3.73. The van der Waals surface area contributed by atoms with E-state index < -0.39 is 0 Å². The van der Waals surface area contributed by atoms with E-state index in [1.54, 1.807) is 6.07 Å². The Kier molecular flexibility index (Phi) is 4.15. The van der Waals surface area contributed by atoms with Gasteiger partial charge in [0.1, 0.15) is 5.76 Å². The Morgan fingerprint density at radius 3 is 2.43 bits per heavy atom. The van der Waals surface area contributed by atoms with Gasteiger partial charge in [-0.25, -0.2) is 4.39 Å². The van der Waals surface area contributed by atoms with Crippen molar-refractivity contribution in [3.05, 3.63) is 68.6 Å². The molecule has 3 aromatic rings. The summed E-state index contributed by atoms with van der Waals surface area (Å²) in [6.07, 6.45) is 0. The second-order valence-corrected chi connectivity index (χ2v) is 6.56. The minimum absolute atomic E-state index is 0.148. The van der Waals surface area contributed by atoms with Crippen LogP contribution in [-0.4, -0.2) is 7.05 Å². The number of para-hydroxylation sites is 1. The van der Waals surface area contributed by atoms with Gasteiger partial charge >= 0.3 is 0 Å². The topological polar surface area (TPSA) is 25.2 Å². The highest BCUT2D eigenvalue weighted by atomic mass is 79.9. The van der Waals surface area contributed by atoms with Crippen LogP contribution in [0.15, 0.2) is 55.8 Å². The number of benzene rings is 2. The van der Waals surface area contributed by atoms with Crippen LogP contribution in [-0.2, 0) is 0 Å². The lowest BCUT2D eigenvalue weighted by atomic mass is 10.0. The van der Waals surface area contributed by atoms with E-state index in [1.807, 2.05) is 37.4 Å². The Hall–Kier alpha value is -1.17. The average Bonchev–Trinajstić information content (AvgIpc) is 2.83. The van der Waals surface area contributed by atoms with Gasteiger partial charge in [0.05, 0.1) is 6.04 Å². The summed E-state index contributed by atoms with van der Waals surface area (Å²) in [6.45, 7) is 0. The number of fused-ring (bicyclic) bond motifs is 1. The third-order valence-corrected chi connectivity index (χ3v) is 4.22. The Morgan fingerprint density at radius 2 is 1.81 bits per heavy atom. The number of hydrogen-bond acceptors (Lipinski definition) is 2. The molecule has 1 aromatic heterocycles. The molecule has 1 unspecified atom stereocenters. The molecule has 0 saturated carbocycles. The van der Waals surface area contributed by atoms with Crippen molar-refractivity contribution in [2.75, 3.05) is 7.05 Å². The standard InChI is InChI=1S/C16H12Br2FNO/c1-20-15(10-5-11(17)8-12(18)6-10)14-7-9-3-2-4-13(19)16(9)21-14/h2-8,15,20H,1H3. The lowest BCUT2D eigenvalue weighted by molar-refractivity contribution is 0.476. The van der Waals surface area contributed by atoms with Crippen LogP contribution < -0.4 is 5.32 Å². The van der Waals surface area contributed by atoms with Crippen LogP contribution in [0.5, 0.6) is 0 Å². The first-order chi connectivity index (χ1) is 10.1. The lowest BCUT2D eigenvalue weighted by Gasteiger charge is -2.15. The second kappa shape index (κ2) is 5.91. The van der Waals surface area contributed by atoms with Crippen molar-refractivity contribution in [3.8, 4) is 0 Å². The van der Waals surface area contributed by atoms with Crippen LogP contribution in [0, 0.1) is 5.82 Å². The summed E-state index contributed by atoms with van der Waals surface area (Å²) in [7, 11) is 1.85. The molecule has 5 heteroatoms. The van der Waals surface area contributed by atoms with E-state index in [0.29, 0.717) is 11.3 Å². The largest absolute Gasteiger partial charge is 0.456 e. The zero-order valence-corrected chi connectivity index (χ0v) is 14.3. The van der Waals surface area contributed by atoms with E-state index >= 15 is 0 Å². The highest BCUT2D eigenvalue weighted by Crippen LogP contribution is 2.32. The summed E-state index contributed by atoms with van der Waals surface area (Å²) < 4.78 is 21.4. The van der Waals surface area contributed by atoms with Crippen molar-refractivity contribution < 1.29 is 8.81 Å². The minimum atomic E-state index is -0.343. The molecule has 0 fully saturated rings. The molecule has 21 heavy (non-hydrogen) atoms. The lowest BCUT2D eigenvalue weighted by Crippen LogP contribution is -2.17. The van der Waals surface area contributed by atoms with Gasteiger partial charge in [-0.2, -0.15) is 0 Å². The zero-order valence-electron chi connectivity index (χ0n) is 11.2. The van der Waals surface area contributed by atoms with E-state index in [9.17, 15) is 4.39 Å². The predicted octanol–water partition coefficient (Wildman–Crippen LogP) is 5.41. The molecule has 0 aliphatic rings. The van der Waals surface area contributed by atoms with Crippen LogP contribution in [0.1, 0.15) is 17.4 Å². The molecule has 0 aliphatic carbocycles. The van der Waals surface area contributed by atoms with E-state index in [4.69, 9.17) is 4.42 Å². The monoisotopic (exact) mass is 411 g/mol. The van der Waals surface area contributed by atoms with Gasteiger partial charge in [0, 0.05) is 14.3 Å². The van der Waals surface area contributed by atoms with Crippen LogP contribution >= 0.6 is 31.9 Å². The molecule has 1 heterocycles. The molecular formula is C16H12Br2FNO. The van der Waals surface area contributed by atoms with Gasteiger partial charge in [-0.15, -0.1) is 0 Å². The Labute approximate surface area is 138 Å². The zero-order chi connectivity index (χ0) is 15.0. The second-order valence-electron chi connectivity index (χ2n) is 4.73. The number of rotatable bonds is 3. The normalized spacial score (nSPS) is 12.8. The summed E-state index contributed by atoms with van der Waals surface area (Å²) in [5.74, 6) is 0.339. The molecule has 0 aliphatic heterocycles. The summed E-state index contributed by atoms with van der Waals surface area (Å²) >= 11 is 6.96. The fraction of sp³-hybridized carbons (Fsp3) is 0.125. The molecule has 0 amide bonds. The summed E-state index contributed by atoms with van der Waals surface area (Å²) in [5, 5.41) is 3.97. The third-order valence-electron chi connectivity index (χ3n) is 3.31. The number of furan rings is 1. The van der Waals surface area contributed by atoms with Gasteiger partial charge in [0.25, 0.3) is 0 Å². The SMILES string of the molecule is CNC(c1cc(Br)cc(Br)c1)c1cc2cccc(F)c2o1. The fourth-order valence-electron chi connectivity index (χ4n) is 2.40. The average molecular weight is 413 g/mol. The summed E-state index contributed by atoms with van der Waals surface area (Å²) in [4.78, 5) is 0. The van der Waals surface area contributed by atoms with Crippen LogP contribution in [0.2, 0.25) is 0 Å². The maximum Gasteiger partial charge on any atom is 0.169 e. The quantitative estimate of drug-likeness (QED) is 0.622. The van der Waals surface area contributed by atoms with Gasteiger partial charge in [-0.3, -0.25) is 0 Å². The molecule has 2 nitrogen and oxygen atoms in total. The maximum absolute atomic E-state index is 13.8. The summed E-state index contributed by atoms with van der Waals surface area (Å²) in [6, 6.07) is 12.6. The molecule has 0 radical (unpaired) electrons. The Morgan fingerprint density at radius 1 is 1.10 bits per heavy atom. The molecule has 108 valence electrons. The first-order valence-electron chi connectivity index (χ1n) is 6.39. The van der Waals surface area contributed by atoms with Gasteiger partial charge < -0.3 is 9.73 Å². The van der Waals surface area contributed by atoms with Crippen molar-refractivity contribution in [1.29, 1.82) is 0 Å². The van der Waals surface area contributed by atoms with Crippen molar-refractivity contribution in [3.63, 3.8) is 0 Å². The van der Waals surface area contributed by atoms with Gasteiger partial charge in [0.15, 0.2) is 11.4 Å². The highest BCUT2D eigenvalue weighted by Gasteiger charge is 2.19. The molecular weight excluding hydrogens is 401 g/mol. The number of halogens is 3. The van der Waals surface area contributed by atoms with Crippen molar-refractivity contribution >= 4 is 42.8 Å². The van der Waals surface area contributed by atoms with Gasteiger partial charge in [-0.1, -0.05) is 44.0 Å². The summed E-state index contributed by atoms with van der Waals surface area (Å²) in [5.41, 5.74) is 1.32. The number of nitrogens with one attached hydrogen (secondary N) is 1. The molecule has 2 aromatic carbocycles. The van der Waals surface area contributed by atoms with Crippen LogP contribution in [0.4, 0.5) is 4.39 Å². The molecule has 1 N–H and O–H groups in total. The first kappa shape index (κ1) is 14.8.